The zero-order chi connectivity index (χ0) is 43.8. The number of amides is 4. The summed E-state index contributed by atoms with van der Waals surface area (Å²) in [6.45, 7) is 18.6. The van der Waals surface area contributed by atoms with Gasteiger partial charge in [0, 0.05) is 33.7 Å². The minimum absolute atomic E-state index is 0.0117. The number of hydrogen-bond donors (Lipinski definition) is 3. The molecular formula is C44H72FN5O8. The topological polar surface area (TPSA) is 156 Å². The van der Waals surface area contributed by atoms with Gasteiger partial charge in [-0.2, -0.15) is 0 Å². The molecule has 1 saturated heterocycles. The van der Waals surface area contributed by atoms with Crippen molar-refractivity contribution in [2.75, 3.05) is 28.3 Å². The van der Waals surface area contributed by atoms with Crippen molar-refractivity contribution in [1.82, 2.24) is 25.8 Å². The number of esters is 1. The van der Waals surface area contributed by atoms with E-state index < -0.39 is 71.6 Å². The number of halogens is 1. The second-order valence-electron chi connectivity index (χ2n) is 18.1. The number of likely N-dealkylation sites (tertiary alicyclic amines) is 1. The molecule has 14 heteroatoms. The smallest absolute Gasteiger partial charge is 0.329 e. The van der Waals surface area contributed by atoms with Crippen LogP contribution in [0.2, 0.25) is 0 Å². The lowest BCUT2D eigenvalue weighted by atomic mass is 9.89. The molecule has 0 bridgehead atoms. The van der Waals surface area contributed by atoms with E-state index in [1.807, 2.05) is 46.4 Å². The fourth-order valence-corrected chi connectivity index (χ4v) is 8.50. The Hall–Kier alpha value is -3.62. The molecule has 1 aliphatic heterocycles. The van der Waals surface area contributed by atoms with Crippen LogP contribution in [0.1, 0.15) is 100 Å². The maximum Gasteiger partial charge on any atom is 0.329 e. The third-order valence-corrected chi connectivity index (χ3v) is 12.0. The van der Waals surface area contributed by atoms with Crippen molar-refractivity contribution in [1.29, 1.82) is 0 Å². The predicted octanol–water partition coefficient (Wildman–Crippen LogP) is 4.50. The quantitative estimate of drug-likeness (QED) is 0.152. The Morgan fingerprint density at radius 1 is 0.914 bits per heavy atom. The number of rotatable bonds is 21. The number of ether oxygens (including phenoxy) is 3. The zero-order valence-electron chi connectivity index (χ0n) is 37.4. The molecule has 0 radical (unpaired) electrons. The van der Waals surface area contributed by atoms with Crippen molar-refractivity contribution in [3.8, 4) is 0 Å². The van der Waals surface area contributed by atoms with Crippen LogP contribution in [0.5, 0.6) is 0 Å². The van der Waals surface area contributed by atoms with Gasteiger partial charge >= 0.3 is 5.97 Å². The highest BCUT2D eigenvalue weighted by Crippen LogP contribution is 2.50. The summed E-state index contributed by atoms with van der Waals surface area (Å²) in [6, 6.07) is 2.72. The molecule has 328 valence electrons. The second kappa shape index (κ2) is 21.1. The summed E-state index contributed by atoms with van der Waals surface area (Å²) in [4.78, 5) is 72.8. The molecule has 1 saturated carbocycles. The molecule has 1 aromatic rings. The maximum atomic E-state index is 14.7. The minimum atomic E-state index is -1.17. The highest BCUT2D eigenvalue weighted by Gasteiger charge is 2.57. The van der Waals surface area contributed by atoms with Crippen molar-refractivity contribution in [3.63, 3.8) is 0 Å². The fraction of sp³-hybridized carbons (Fsp3) is 0.750. The molecule has 2 aliphatic rings. The first kappa shape index (κ1) is 48.7. The van der Waals surface area contributed by atoms with Gasteiger partial charge in [0.05, 0.1) is 42.7 Å². The van der Waals surface area contributed by atoms with Crippen molar-refractivity contribution in [3.05, 3.63) is 35.6 Å². The maximum absolute atomic E-state index is 14.7. The molecule has 58 heavy (non-hydrogen) atoms. The Morgan fingerprint density at radius 2 is 1.53 bits per heavy atom. The van der Waals surface area contributed by atoms with E-state index in [1.165, 1.54) is 13.2 Å². The predicted molar refractivity (Wildman–Crippen MR) is 221 cm³/mol. The number of hydrogen-bond acceptors (Lipinski definition) is 9. The van der Waals surface area contributed by atoms with Gasteiger partial charge in [-0.15, -0.1) is 0 Å². The van der Waals surface area contributed by atoms with Gasteiger partial charge in [-0.05, 0) is 76.0 Å². The largest absolute Gasteiger partial charge is 0.458 e. The molecule has 1 aromatic carbocycles. The van der Waals surface area contributed by atoms with E-state index >= 15 is 0 Å². The Morgan fingerprint density at radius 3 is 2.05 bits per heavy atom. The molecule has 13 nitrogen and oxygen atoms in total. The Bertz CT molecular complexity index is 1570. The van der Waals surface area contributed by atoms with E-state index in [0.29, 0.717) is 12.8 Å². The van der Waals surface area contributed by atoms with E-state index in [1.54, 1.807) is 72.0 Å². The van der Waals surface area contributed by atoms with Gasteiger partial charge in [0.1, 0.15) is 23.5 Å². The van der Waals surface area contributed by atoms with Crippen LogP contribution in [0.4, 0.5) is 4.39 Å². The molecule has 4 amide bonds. The van der Waals surface area contributed by atoms with Crippen molar-refractivity contribution in [2.24, 2.45) is 29.6 Å². The SMILES string of the molecule is CC[C@H](C)[C@@H]([C@@H](CC(=O)N1[C@H]2C[C@H]2C[C@H]1[C@H](OC)[C@@H](C)C(=O)N[C@@H](Cc1ccccc1F)C(=O)OC(C)(C)C)OC)N(C)C(=O)[C@@H](NC(=O)[C@@H](NC)C(C)C)C(C)C. The van der Waals surface area contributed by atoms with Crippen molar-refractivity contribution >= 4 is 29.6 Å². The van der Waals surface area contributed by atoms with Crippen LogP contribution in [0.3, 0.4) is 0 Å². The summed E-state index contributed by atoms with van der Waals surface area (Å²) >= 11 is 0. The molecule has 3 rings (SSSR count). The lowest BCUT2D eigenvalue weighted by molar-refractivity contribution is -0.159. The van der Waals surface area contributed by atoms with Gasteiger partial charge in [-0.1, -0.05) is 73.1 Å². The average molecular weight is 818 g/mol. The van der Waals surface area contributed by atoms with Gasteiger partial charge in [0.25, 0.3) is 0 Å². The number of nitrogens with one attached hydrogen (secondary N) is 3. The van der Waals surface area contributed by atoms with Gasteiger partial charge in [0.15, 0.2) is 0 Å². The summed E-state index contributed by atoms with van der Waals surface area (Å²) in [5, 5.41) is 8.84. The van der Waals surface area contributed by atoms with Crippen LogP contribution >= 0.6 is 0 Å². The lowest BCUT2D eigenvalue weighted by Gasteiger charge is -2.41. The highest BCUT2D eigenvalue weighted by molar-refractivity contribution is 5.90. The Kier molecular flexibility index (Phi) is 17.7. The number of benzene rings is 1. The van der Waals surface area contributed by atoms with Crippen LogP contribution in [0, 0.1) is 35.4 Å². The second-order valence-corrected chi connectivity index (χ2v) is 18.1. The van der Waals surface area contributed by atoms with Crippen molar-refractivity contribution < 1.29 is 42.6 Å². The third kappa shape index (κ3) is 12.2. The number of piperidine rings is 1. The first-order valence-corrected chi connectivity index (χ1v) is 21.0. The van der Waals surface area contributed by atoms with E-state index in [2.05, 4.69) is 16.0 Å². The number of carbonyl (C=O) groups is 5. The van der Waals surface area contributed by atoms with Crippen LogP contribution in [-0.4, -0.2) is 122 Å². The van der Waals surface area contributed by atoms with Crippen molar-refractivity contribution in [2.45, 2.75) is 155 Å². The zero-order valence-corrected chi connectivity index (χ0v) is 37.4. The summed E-state index contributed by atoms with van der Waals surface area (Å²) in [5.74, 6) is -3.14. The molecule has 11 atom stereocenters. The fourth-order valence-electron chi connectivity index (χ4n) is 8.50. The molecule has 0 spiro atoms. The summed E-state index contributed by atoms with van der Waals surface area (Å²) < 4.78 is 32.4. The minimum Gasteiger partial charge on any atom is -0.458 e. The summed E-state index contributed by atoms with van der Waals surface area (Å²) in [7, 11) is 6.48. The monoisotopic (exact) mass is 818 g/mol. The van der Waals surface area contributed by atoms with Crippen LogP contribution < -0.4 is 16.0 Å². The van der Waals surface area contributed by atoms with E-state index in [4.69, 9.17) is 14.2 Å². The first-order valence-electron chi connectivity index (χ1n) is 21.0. The molecule has 1 heterocycles. The van der Waals surface area contributed by atoms with Crippen LogP contribution in [0.15, 0.2) is 24.3 Å². The molecular weight excluding hydrogens is 746 g/mol. The standard InChI is InChI=1S/C44H72FN5O8/c1-15-26(6)38(49(12)42(54)37(25(4)5)48-41(53)36(46-11)24(2)3)34(56-13)23-35(51)50-32-21-29(32)22-33(50)39(57-14)27(7)40(52)47-31(43(55)58-44(8,9)10)20-28-18-16-17-19-30(28)45/h16-19,24-27,29,31-34,36-39,46H,15,20-23H2,1-14H3,(H,47,52)(H,48,53)/t26-,27+,29-,31-,32-,33-,34+,36-,37-,38-,39+/m0/s1. The number of fused-ring (bicyclic) bond motifs is 1. The number of nitrogens with zero attached hydrogens (tertiary/aromatic N) is 2. The van der Waals surface area contributed by atoms with E-state index in [0.717, 1.165) is 6.42 Å². The lowest BCUT2D eigenvalue weighted by Crippen LogP contribution is -2.59. The normalized spacial score (nSPS) is 21.9. The van der Waals surface area contributed by atoms with Gasteiger partial charge in [0.2, 0.25) is 23.6 Å². The summed E-state index contributed by atoms with van der Waals surface area (Å²) in [6.07, 6.45) is 0.672. The third-order valence-electron chi connectivity index (χ3n) is 12.0. The van der Waals surface area contributed by atoms with Gasteiger partial charge < -0.3 is 40.0 Å². The molecule has 0 aromatic heterocycles. The highest BCUT2D eigenvalue weighted by atomic mass is 19.1. The first-order chi connectivity index (χ1) is 27.1. The van der Waals surface area contributed by atoms with E-state index in [9.17, 15) is 28.4 Å². The summed E-state index contributed by atoms with van der Waals surface area (Å²) in [5.41, 5.74) is -0.580. The number of carbonyl (C=O) groups excluding carboxylic acids is 5. The van der Waals surface area contributed by atoms with Crippen LogP contribution in [-0.2, 0) is 44.6 Å². The Balaban J connectivity index is 1.84. The molecule has 3 N–H and O–H groups in total. The molecule has 1 aliphatic carbocycles. The van der Waals surface area contributed by atoms with E-state index in [-0.39, 0.29) is 65.8 Å². The number of methoxy groups -OCH3 is 2. The van der Waals surface area contributed by atoms with Gasteiger partial charge in [-0.25, -0.2) is 9.18 Å². The average Bonchev–Trinajstić information content (AvgIpc) is 3.81. The molecule has 0 unspecified atom stereocenters. The Labute approximate surface area is 346 Å². The molecule has 2 fully saturated rings. The number of likely N-dealkylation sites (N-methyl/N-ethyl adjacent to an activating group) is 2. The van der Waals surface area contributed by atoms with Gasteiger partial charge in [-0.3, -0.25) is 19.2 Å². The van der Waals surface area contributed by atoms with Crippen LogP contribution in [0.25, 0.3) is 0 Å².